The SMILES string of the molecule is NCC(=O)NC(Cc1cnc[nH]1)C(=O)NC(CCC(=O)O)C(=O)NC(Cc1c[nH]c2ccccc12)C(=O)O. The molecule has 1 aromatic carbocycles. The summed E-state index contributed by atoms with van der Waals surface area (Å²) in [5.41, 5.74) is 7.31. The molecule has 0 saturated carbocycles. The van der Waals surface area contributed by atoms with Crippen LogP contribution in [0.3, 0.4) is 0 Å². The summed E-state index contributed by atoms with van der Waals surface area (Å²) in [5.74, 6) is -4.80. The molecular formula is C24H29N7O7. The topological polar surface area (TPSA) is 232 Å². The molecule has 0 fully saturated rings. The predicted molar refractivity (Wildman–Crippen MR) is 134 cm³/mol. The van der Waals surface area contributed by atoms with E-state index in [0.29, 0.717) is 11.3 Å². The smallest absolute Gasteiger partial charge is 0.326 e. The van der Waals surface area contributed by atoms with Gasteiger partial charge in [-0.05, 0) is 18.1 Å². The van der Waals surface area contributed by atoms with E-state index in [1.54, 1.807) is 12.3 Å². The van der Waals surface area contributed by atoms with Gasteiger partial charge in [0.1, 0.15) is 18.1 Å². The van der Waals surface area contributed by atoms with E-state index in [1.807, 2.05) is 18.2 Å². The number of nitrogens with zero attached hydrogens (tertiary/aromatic N) is 1. The zero-order valence-electron chi connectivity index (χ0n) is 20.3. The van der Waals surface area contributed by atoms with Crippen LogP contribution in [0, 0.1) is 0 Å². The fraction of sp³-hybridized carbons (Fsp3) is 0.333. The van der Waals surface area contributed by atoms with Gasteiger partial charge in [0.2, 0.25) is 17.7 Å². The van der Waals surface area contributed by atoms with Crippen LogP contribution in [0.5, 0.6) is 0 Å². The third-order valence-electron chi connectivity index (χ3n) is 5.81. The number of carbonyl (C=O) groups is 5. The maximum absolute atomic E-state index is 13.1. The highest BCUT2D eigenvalue weighted by Crippen LogP contribution is 2.19. The lowest BCUT2D eigenvalue weighted by Crippen LogP contribution is -2.57. The molecule has 2 heterocycles. The van der Waals surface area contributed by atoms with Crippen LogP contribution >= 0.6 is 0 Å². The number of carboxylic acids is 2. The minimum atomic E-state index is -1.39. The molecule has 14 nitrogen and oxygen atoms in total. The Kier molecular flexibility index (Phi) is 9.54. The van der Waals surface area contributed by atoms with Crippen molar-refractivity contribution in [1.29, 1.82) is 0 Å². The van der Waals surface area contributed by atoms with Crippen LogP contribution in [0.2, 0.25) is 0 Å². The number of benzene rings is 1. The normalized spacial score (nSPS) is 13.3. The number of nitrogens with one attached hydrogen (secondary N) is 5. The molecule has 0 bridgehead atoms. The molecule has 3 rings (SSSR count). The molecule has 0 aliphatic rings. The number of rotatable bonds is 14. The first-order valence-corrected chi connectivity index (χ1v) is 11.7. The molecule has 14 heteroatoms. The van der Waals surface area contributed by atoms with Crippen molar-refractivity contribution < 1.29 is 34.2 Å². The van der Waals surface area contributed by atoms with Crippen LogP contribution in [0.4, 0.5) is 0 Å². The molecule has 0 aliphatic heterocycles. The summed E-state index contributed by atoms with van der Waals surface area (Å²) in [6.07, 6.45) is 3.63. The van der Waals surface area contributed by atoms with Crippen molar-refractivity contribution in [2.75, 3.05) is 6.54 Å². The van der Waals surface area contributed by atoms with Crippen molar-refractivity contribution in [3.8, 4) is 0 Å². The van der Waals surface area contributed by atoms with Crippen LogP contribution in [0.25, 0.3) is 10.9 Å². The van der Waals surface area contributed by atoms with E-state index in [4.69, 9.17) is 10.8 Å². The van der Waals surface area contributed by atoms with Crippen molar-refractivity contribution in [2.24, 2.45) is 5.73 Å². The number of aromatic nitrogens is 3. The van der Waals surface area contributed by atoms with E-state index in [1.165, 1.54) is 12.5 Å². The molecule has 0 saturated heterocycles. The molecule has 9 N–H and O–H groups in total. The molecule has 3 atom stereocenters. The lowest BCUT2D eigenvalue weighted by molar-refractivity contribution is -0.143. The molecular weight excluding hydrogens is 498 g/mol. The number of amides is 3. The van der Waals surface area contributed by atoms with Gasteiger partial charge in [-0.2, -0.15) is 0 Å². The molecule has 0 aliphatic carbocycles. The first kappa shape index (κ1) is 27.9. The quantitative estimate of drug-likeness (QED) is 0.129. The number of nitrogens with two attached hydrogens (primary N) is 1. The minimum Gasteiger partial charge on any atom is -0.481 e. The van der Waals surface area contributed by atoms with E-state index in [9.17, 15) is 29.1 Å². The van der Waals surface area contributed by atoms with Gasteiger partial charge in [0.15, 0.2) is 0 Å². The third-order valence-corrected chi connectivity index (χ3v) is 5.81. The van der Waals surface area contributed by atoms with Crippen molar-refractivity contribution in [2.45, 2.75) is 43.8 Å². The van der Waals surface area contributed by atoms with Crippen LogP contribution in [0.15, 0.2) is 43.0 Å². The minimum absolute atomic E-state index is 0.0108. The molecule has 3 unspecified atom stereocenters. The van der Waals surface area contributed by atoms with Crippen LogP contribution < -0.4 is 21.7 Å². The number of H-pyrrole nitrogens is 2. The molecule has 3 amide bonds. The molecule has 0 spiro atoms. The average Bonchev–Trinajstić information content (AvgIpc) is 3.55. The molecule has 0 radical (unpaired) electrons. The zero-order valence-corrected chi connectivity index (χ0v) is 20.3. The van der Waals surface area contributed by atoms with Crippen LogP contribution in [-0.4, -0.2) is 79.5 Å². The van der Waals surface area contributed by atoms with Gasteiger partial charge in [-0.15, -0.1) is 0 Å². The predicted octanol–water partition coefficient (Wildman–Crippen LogP) is -0.961. The van der Waals surface area contributed by atoms with Crippen molar-refractivity contribution in [3.63, 3.8) is 0 Å². The van der Waals surface area contributed by atoms with Crippen molar-refractivity contribution >= 4 is 40.6 Å². The largest absolute Gasteiger partial charge is 0.481 e. The Morgan fingerprint density at radius 3 is 2.29 bits per heavy atom. The molecule has 38 heavy (non-hydrogen) atoms. The number of imidazole rings is 1. The maximum atomic E-state index is 13.1. The lowest BCUT2D eigenvalue weighted by Gasteiger charge is -2.24. The second-order valence-electron chi connectivity index (χ2n) is 8.56. The second-order valence-corrected chi connectivity index (χ2v) is 8.56. The highest BCUT2D eigenvalue weighted by molar-refractivity contribution is 5.94. The van der Waals surface area contributed by atoms with Gasteiger partial charge in [0.25, 0.3) is 0 Å². The first-order chi connectivity index (χ1) is 18.2. The number of fused-ring (bicyclic) bond motifs is 1. The fourth-order valence-corrected chi connectivity index (χ4v) is 3.88. The van der Waals surface area contributed by atoms with E-state index in [2.05, 4.69) is 30.9 Å². The number of hydrogen-bond acceptors (Lipinski definition) is 7. The summed E-state index contributed by atoms with van der Waals surface area (Å²) < 4.78 is 0. The van der Waals surface area contributed by atoms with E-state index in [-0.39, 0.29) is 25.8 Å². The van der Waals surface area contributed by atoms with E-state index < -0.39 is 54.2 Å². The highest BCUT2D eigenvalue weighted by Gasteiger charge is 2.30. The summed E-state index contributed by atoms with van der Waals surface area (Å²) in [6.45, 7) is -0.385. The number of hydrogen-bond donors (Lipinski definition) is 8. The summed E-state index contributed by atoms with van der Waals surface area (Å²) in [6, 6.07) is 3.36. The Hall–Kier alpha value is -4.72. The van der Waals surface area contributed by atoms with Gasteiger partial charge < -0.3 is 41.9 Å². The zero-order chi connectivity index (χ0) is 27.7. The summed E-state index contributed by atoms with van der Waals surface area (Å²) in [5, 5.41) is 27.0. The number of aromatic amines is 2. The first-order valence-electron chi connectivity index (χ1n) is 11.7. The summed E-state index contributed by atoms with van der Waals surface area (Å²) in [4.78, 5) is 70.9. The highest BCUT2D eigenvalue weighted by atomic mass is 16.4. The molecule has 3 aromatic rings. The maximum Gasteiger partial charge on any atom is 0.326 e. The fourth-order valence-electron chi connectivity index (χ4n) is 3.88. The molecule has 202 valence electrons. The van der Waals surface area contributed by atoms with Crippen molar-refractivity contribution in [3.05, 3.63) is 54.2 Å². The number of carboxylic acid groups (broad SMARTS) is 2. The Morgan fingerprint density at radius 1 is 0.921 bits per heavy atom. The number of para-hydroxylation sites is 1. The van der Waals surface area contributed by atoms with E-state index >= 15 is 0 Å². The van der Waals surface area contributed by atoms with Gasteiger partial charge in [-0.1, -0.05) is 18.2 Å². The van der Waals surface area contributed by atoms with Gasteiger partial charge in [-0.3, -0.25) is 19.2 Å². The number of carbonyl (C=O) groups excluding carboxylic acids is 3. The van der Waals surface area contributed by atoms with E-state index in [0.717, 1.165) is 10.9 Å². The summed E-state index contributed by atoms with van der Waals surface area (Å²) >= 11 is 0. The molecule has 2 aromatic heterocycles. The Morgan fingerprint density at radius 2 is 1.63 bits per heavy atom. The standard InChI is InChI=1S/C24H29N7O7/c25-9-20(32)29-18(8-14-11-26-12-28-14)23(36)30-17(5-6-21(33)34)22(35)31-19(24(37)38)7-13-10-27-16-4-2-1-3-15(13)16/h1-4,10-12,17-19,27H,5-9,25H2,(H,26,28)(H,29,32)(H,30,36)(H,31,35)(H,33,34)(H,37,38). The lowest BCUT2D eigenvalue weighted by atomic mass is 10.0. The van der Waals surface area contributed by atoms with Crippen LogP contribution in [-0.2, 0) is 36.8 Å². The third kappa shape index (κ3) is 7.64. The van der Waals surface area contributed by atoms with Gasteiger partial charge in [0.05, 0.1) is 12.9 Å². The summed E-state index contributed by atoms with van der Waals surface area (Å²) in [7, 11) is 0. The van der Waals surface area contributed by atoms with Gasteiger partial charge in [-0.25, -0.2) is 9.78 Å². The Balaban J connectivity index is 1.76. The Bertz CT molecular complexity index is 1290. The number of aliphatic carboxylic acids is 2. The van der Waals surface area contributed by atoms with Crippen molar-refractivity contribution in [1.82, 2.24) is 30.9 Å². The monoisotopic (exact) mass is 527 g/mol. The van der Waals surface area contributed by atoms with Gasteiger partial charge in [0, 0.05) is 48.3 Å². The second kappa shape index (κ2) is 13.0. The average molecular weight is 528 g/mol. The van der Waals surface area contributed by atoms with Crippen LogP contribution in [0.1, 0.15) is 24.1 Å². The van der Waals surface area contributed by atoms with Gasteiger partial charge >= 0.3 is 11.9 Å². The Labute approximate surface area is 216 Å².